The maximum Gasteiger partial charge on any atom is 0.239 e. The molecule has 6 heteroatoms. The lowest BCUT2D eigenvalue weighted by Crippen LogP contribution is -2.43. The summed E-state index contributed by atoms with van der Waals surface area (Å²) in [4.78, 5) is 11.6. The highest BCUT2D eigenvalue weighted by molar-refractivity contribution is 5.81. The predicted molar refractivity (Wildman–Crippen MR) is 64.3 cm³/mol. The molecule has 1 atom stereocenters. The van der Waals surface area contributed by atoms with Crippen molar-refractivity contribution in [3.05, 3.63) is 23.8 Å². The molecule has 0 bridgehead atoms. The zero-order valence-electron chi connectivity index (χ0n) is 10.1. The molecule has 1 aliphatic rings. The zero-order valence-corrected chi connectivity index (χ0v) is 10.1. The molecule has 0 radical (unpaired) electrons. The number of rotatable bonds is 5. The normalized spacial score (nSPS) is 14.3. The van der Waals surface area contributed by atoms with Crippen LogP contribution in [-0.2, 0) is 16.1 Å². The SMILES string of the molecule is COCC(N)C(=O)NCc1ccc2c(c1)OCO2. The monoisotopic (exact) mass is 252 g/mol. The van der Waals surface area contributed by atoms with Crippen LogP contribution in [0, 0.1) is 0 Å². The number of nitrogens with two attached hydrogens (primary N) is 1. The van der Waals surface area contributed by atoms with E-state index in [4.69, 9.17) is 19.9 Å². The molecule has 6 nitrogen and oxygen atoms in total. The van der Waals surface area contributed by atoms with Crippen LogP contribution >= 0.6 is 0 Å². The van der Waals surface area contributed by atoms with E-state index >= 15 is 0 Å². The van der Waals surface area contributed by atoms with Gasteiger partial charge < -0.3 is 25.3 Å². The second-order valence-electron chi connectivity index (χ2n) is 3.97. The summed E-state index contributed by atoms with van der Waals surface area (Å²) >= 11 is 0. The molecule has 18 heavy (non-hydrogen) atoms. The summed E-state index contributed by atoms with van der Waals surface area (Å²) < 4.78 is 15.3. The van der Waals surface area contributed by atoms with E-state index in [-0.39, 0.29) is 19.3 Å². The summed E-state index contributed by atoms with van der Waals surface area (Å²) in [6.45, 7) is 0.837. The van der Waals surface area contributed by atoms with Crippen LogP contribution in [0.3, 0.4) is 0 Å². The molecule has 1 heterocycles. The van der Waals surface area contributed by atoms with Gasteiger partial charge in [-0.1, -0.05) is 6.07 Å². The number of hydrogen-bond donors (Lipinski definition) is 2. The van der Waals surface area contributed by atoms with E-state index in [0.29, 0.717) is 12.3 Å². The molecular formula is C12H16N2O4. The van der Waals surface area contributed by atoms with E-state index < -0.39 is 6.04 Å². The summed E-state index contributed by atoms with van der Waals surface area (Å²) in [5.74, 6) is 1.18. The van der Waals surface area contributed by atoms with Crippen molar-refractivity contribution in [2.75, 3.05) is 20.5 Å². The third-order valence-corrected chi connectivity index (χ3v) is 2.59. The fourth-order valence-corrected chi connectivity index (χ4v) is 1.63. The Hall–Kier alpha value is -1.79. The van der Waals surface area contributed by atoms with Gasteiger partial charge in [0.25, 0.3) is 0 Å². The van der Waals surface area contributed by atoms with E-state index in [1.807, 2.05) is 18.2 Å². The highest BCUT2D eigenvalue weighted by Crippen LogP contribution is 2.32. The van der Waals surface area contributed by atoms with Crippen LogP contribution in [0.5, 0.6) is 11.5 Å². The average Bonchev–Trinajstić information content (AvgIpc) is 2.83. The van der Waals surface area contributed by atoms with E-state index in [2.05, 4.69) is 5.32 Å². The van der Waals surface area contributed by atoms with Crippen molar-refractivity contribution in [1.82, 2.24) is 5.32 Å². The van der Waals surface area contributed by atoms with Crippen molar-refractivity contribution in [3.63, 3.8) is 0 Å². The van der Waals surface area contributed by atoms with Crippen LogP contribution in [0.15, 0.2) is 18.2 Å². The summed E-state index contributed by atoms with van der Waals surface area (Å²) in [6, 6.07) is 4.88. The number of carbonyl (C=O) groups excluding carboxylic acids is 1. The molecule has 0 aromatic heterocycles. The number of fused-ring (bicyclic) bond motifs is 1. The van der Waals surface area contributed by atoms with Crippen LogP contribution in [0.25, 0.3) is 0 Å². The van der Waals surface area contributed by atoms with Gasteiger partial charge in [-0.3, -0.25) is 4.79 Å². The summed E-state index contributed by atoms with van der Waals surface area (Å²) in [5, 5.41) is 2.73. The van der Waals surface area contributed by atoms with Crippen molar-refractivity contribution in [2.24, 2.45) is 5.73 Å². The minimum Gasteiger partial charge on any atom is -0.454 e. The number of nitrogens with one attached hydrogen (secondary N) is 1. The van der Waals surface area contributed by atoms with Crippen LogP contribution in [0.2, 0.25) is 0 Å². The Balaban J connectivity index is 1.88. The molecule has 0 aliphatic carbocycles. The molecule has 1 aromatic rings. The molecule has 1 unspecified atom stereocenters. The third-order valence-electron chi connectivity index (χ3n) is 2.59. The lowest BCUT2D eigenvalue weighted by atomic mass is 10.2. The van der Waals surface area contributed by atoms with Gasteiger partial charge in [0.15, 0.2) is 11.5 Å². The lowest BCUT2D eigenvalue weighted by molar-refractivity contribution is -0.123. The van der Waals surface area contributed by atoms with Gasteiger partial charge >= 0.3 is 0 Å². The van der Waals surface area contributed by atoms with Crippen LogP contribution < -0.4 is 20.5 Å². The Bertz CT molecular complexity index is 436. The molecule has 98 valence electrons. The standard InChI is InChI=1S/C12H16N2O4/c1-16-6-9(13)12(15)14-5-8-2-3-10-11(4-8)18-7-17-10/h2-4,9H,5-7,13H2,1H3,(H,14,15). The second-order valence-corrected chi connectivity index (χ2v) is 3.97. The summed E-state index contributed by atoms with van der Waals surface area (Å²) in [7, 11) is 1.50. The minimum atomic E-state index is -0.649. The van der Waals surface area contributed by atoms with Crippen molar-refractivity contribution in [3.8, 4) is 11.5 Å². The fraction of sp³-hybridized carbons (Fsp3) is 0.417. The van der Waals surface area contributed by atoms with Gasteiger partial charge in [0.2, 0.25) is 12.7 Å². The second kappa shape index (κ2) is 5.70. The quantitative estimate of drug-likeness (QED) is 0.771. The zero-order chi connectivity index (χ0) is 13.0. The van der Waals surface area contributed by atoms with E-state index in [0.717, 1.165) is 11.3 Å². The topological polar surface area (TPSA) is 82.8 Å². The number of hydrogen-bond acceptors (Lipinski definition) is 5. The minimum absolute atomic E-state index is 0.201. The molecule has 1 aromatic carbocycles. The van der Waals surface area contributed by atoms with Gasteiger partial charge in [-0.25, -0.2) is 0 Å². The first-order valence-corrected chi connectivity index (χ1v) is 5.61. The van der Waals surface area contributed by atoms with Gasteiger partial charge in [0.1, 0.15) is 6.04 Å². The van der Waals surface area contributed by atoms with E-state index in [1.165, 1.54) is 7.11 Å². The Kier molecular flexibility index (Phi) is 4.01. The predicted octanol–water partition coefficient (Wildman–Crippen LogP) is 0.00520. The van der Waals surface area contributed by atoms with Crippen LogP contribution in [0.1, 0.15) is 5.56 Å². The van der Waals surface area contributed by atoms with Crippen molar-refractivity contribution < 1.29 is 19.0 Å². The van der Waals surface area contributed by atoms with E-state index in [1.54, 1.807) is 0 Å². The first-order valence-electron chi connectivity index (χ1n) is 5.61. The molecule has 1 aliphatic heterocycles. The highest BCUT2D eigenvalue weighted by atomic mass is 16.7. The number of ether oxygens (including phenoxy) is 3. The van der Waals surface area contributed by atoms with Crippen LogP contribution in [0.4, 0.5) is 0 Å². The number of carbonyl (C=O) groups is 1. The molecular weight excluding hydrogens is 236 g/mol. The first-order chi connectivity index (χ1) is 8.70. The largest absolute Gasteiger partial charge is 0.454 e. The molecule has 1 amide bonds. The van der Waals surface area contributed by atoms with E-state index in [9.17, 15) is 4.79 Å². The van der Waals surface area contributed by atoms with Crippen LogP contribution in [-0.4, -0.2) is 32.5 Å². The van der Waals surface area contributed by atoms with Gasteiger partial charge in [0.05, 0.1) is 6.61 Å². The van der Waals surface area contributed by atoms with Crippen molar-refractivity contribution >= 4 is 5.91 Å². The van der Waals surface area contributed by atoms with Gasteiger partial charge in [-0.2, -0.15) is 0 Å². The van der Waals surface area contributed by atoms with Gasteiger partial charge in [-0.15, -0.1) is 0 Å². The van der Waals surface area contributed by atoms with Crippen molar-refractivity contribution in [2.45, 2.75) is 12.6 Å². The molecule has 0 spiro atoms. The maximum absolute atomic E-state index is 11.6. The maximum atomic E-state index is 11.6. The molecule has 0 saturated carbocycles. The molecule has 0 saturated heterocycles. The van der Waals surface area contributed by atoms with Gasteiger partial charge in [0, 0.05) is 13.7 Å². The average molecular weight is 252 g/mol. The smallest absolute Gasteiger partial charge is 0.239 e. The lowest BCUT2D eigenvalue weighted by Gasteiger charge is -2.11. The molecule has 3 N–H and O–H groups in total. The number of methoxy groups -OCH3 is 1. The summed E-state index contributed by atoms with van der Waals surface area (Å²) in [6.07, 6.45) is 0. The molecule has 0 fully saturated rings. The Morgan fingerprint density at radius 3 is 3.06 bits per heavy atom. The number of amides is 1. The highest BCUT2D eigenvalue weighted by Gasteiger charge is 2.15. The first kappa shape index (κ1) is 12.7. The Morgan fingerprint density at radius 2 is 2.28 bits per heavy atom. The third kappa shape index (κ3) is 2.91. The number of benzene rings is 1. The fourth-order valence-electron chi connectivity index (χ4n) is 1.63. The van der Waals surface area contributed by atoms with Gasteiger partial charge in [-0.05, 0) is 17.7 Å². The molecule has 2 rings (SSSR count). The Morgan fingerprint density at radius 1 is 1.50 bits per heavy atom. The Labute approximate surface area is 105 Å². The van der Waals surface area contributed by atoms with Crippen molar-refractivity contribution in [1.29, 1.82) is 0 Å². The summed E-state index contributed by atoms with van der Waals surface area (Å²) in [5.41, 5.74) is 6.53.